The van der Waals surface area contributed by atoms with Crippen LogP contribution >= 0.6 is 11.6 Å². The van der Waals surface area contributed by atoms with E-state index in [9.17, 15) is 22.4 Å². The fourth-order valence-corrected chi connectivity index (χ4v) is 5.64. The molecule has 1 atom stereocenters. The molecule has 0 aliphatic heterocycles. The minimum Gasteiger partial charge on any atom is -0.352 e. The van der Waals surface area contributed by atoms with Crippen molar-refractivity contribution in [2.24, 2.45) is 0 Å². The minimum absolute atomic E-state index is 0.0426. The van der Waals surface area contributed by atoms with Gasteiger partial charge in [0.15, 0.2) is 0 Å². The molecule has 0 spiro atoms. The molecule has 0 bridgehead atoms. The summed E-state index contributed by atoms with van der Waals surface area (Å²) in [5.74, 6) is -1.87. The van der Waals surface area contributed by atoms with Gasteiger partial charge in [-0.15, -0.1) is 0 Å². The van der Waals surface area contributed by atoms with Gasteiger partial charge in [-0.2, -0.15) is 0 Å². The number of hydrogen-bond donors (Lipinski definition) is 1. The topological polar surface area (TPSA) is 86.8 Å². The standard InChI is InChI=1S/C28H31ClFN3O4S/c1-4-25(28(35)31-20(2)3)32(18-21-12-8-9-15-23(21)29)27(34)19-33(26-17-11-10-16-24(26)30)38(36,37)22-13-6-5-7-14-22/h5-17,20,25H,4,18-19H2,1-3H3,(H,31,35). The van der Waals surface area contributed by atoms with E-state index in [0.717, 1.165) is 10.4 Å². The first-order valence-corrected chi connectivity index (χ1v) is 14.0. The van der Waals surface area contributed by atoms with E-state index < -0.39 is 34.3 Å². The quantitative estimate of drug-likeness (QED) is 0.358. The molecule has 0 aromatic heterocycles. The second kappa shape index (κ2) is 12.9. The van der Waals surface area contributed by atoms with Crippen LogP contribution in [0.1, 0.15) is 32.8 Å². The van der Waals surface area contributed by atoms with Gasteiger partial charge in [-0.1, -0.05) is 67.1 Å². The number of nitrogens with zero attached hydrogens (tertiary/aromatic N) is 2. The smallest absolute Gasteiger partial charge is 0.264 e. The lowest BCUT2D eigenvalue weighted by Gasteiger charge is -2.33. The van der Waals surface area contributed by atoms with Crippen LogP contribution in [0.3, 0.4) is 0 Å². The highest BCUT2D eigenvalue weighted by molar-refractivity contribution is 7.92. The molecule has 0 aliphatic rings. The summed E-state index contributed by atoms with van der Waals surface area (Å²) in [6.45, 7) is 4.59. The molecule has 38 heavy (non-hydrogen) atoms. The number of halogens is 2. The van der Waals surface area contributed by atoms with Crippen molar-refractivity contribution in [3.05, 3.63) is 95.3 Å². The van der Waals surface area contributed by atoms with Crippen LogP contribution in [-0.4, -0.2) is 43.8 Å². The van der Waals surface area contributed by atoms with Crippen LogP contribution in [-0.2, 0) is 26.2 Å². The summed E-state index contributed by atoms with van der Waals surface area (Å²) in [5, 5.41) is 3.22. The molecule has 0 radical (unpaired) electrons. The summed E-state index contributed by atoms with van der Waals surface area (Å²) in [6.07, 6.45) is 0.264. The number of benzene rings is 3. The van der Waals surface area contributed by atoms with Gasteiger partial charge in [-0.05, 0) is 56.2 Å². The monoisotopic (exact) mass is 559 g/mol. The first-order valence-electron chi connectivity index (χ1n) is 12.2. The van der Waals surface area contributed by atoms with E-state index in [4.69, 9.17) is 11.6 Å². The van der Waals surface area contributed by atoms with Crippen LogP contribution in [0.4, 0.5) is 10.1 Å². The Kier molecular flexibility index (Phi) is 9.88. The van der Waals surface area contributed by atoms with E-state index in [1.807, 2.05) is 0 Å². The maximum atomic E-state index is 14.9. The molecule has 0 saturated carbocycles. The molecule has 1 unspecified atom stereocenters. The summed E-state index contributed by atoms with van der Waals surface area (Å²) in [4.78, 5) is 28.2. The van der Waals surface area contributed by atoms with Crippen molar-refractivity contribution in [3.63, 3.8) is 0 Å². The lowest BCUT2D eigenvalue weighted by atomic mass is 10.1. The second-order valence-electron chi connectivity index (χ2n) is 8.98. The number of rotatable bonds is 11. The number of carbonyl (C=O) groups excluding carboxylic acids is 2. The lowest BCUT2D eigenvalue weighted by Crippen LogP contribution is -2.53. The van der Waals surface area contributed by atoms with Crippen LogP contribution in [0.2, 0.25) is 5.02 Å². The zero-order chi connectivity index (χ0) is 27.9. The summed E-state index contributed by atoms with van der Waals surface area (Å²) >= 11 is 6.37. The highest BCUT2D eigenvalue weighted by Gasteiger charge is 2.34. The van der Waals surface area contributed by atoms with Crippen LogP contribution in [0, 0.1) is 5.82 Å². The SMILES string of the molecule is CCC(C(=O)NC(C)C)N(Cc1ccccc1Cl)C(=O)CN(c1ccccc1F)S(=O)(=O)c1ccccc1. The van der Waals surface area contributed by atoms with Crippen molar-refractivity contribution in [2.75, 3.05) is 10.8 Å². The van der Waals surface area contributed by atoms with E-state index in [-0.39, 0.29) is 35.5 Å². The molecule has 10 heteroatoms. The van der Waals surface area contributed by atoms with Gasteiger partial charge in [0, 0.05) is 17.6 Å². The molecule has 0 fully saturated rings. The second-order valence-corrected chi connectivity index (χ2v) is 11.2. The number of anilines is 1. The molecular weight excluding hydrogens is 529 g/mol. The zero-order valence-electron chi connectivity index (χ0n) is 21.5. The molecule has 3 aromatic carbocycles. The largest absolute Gasteiger partial charge is 0.352 e. The third-order valence-electron chi connectivity index (χ3n) is 5.85. The Hall–Kier alpha value is -3.43. The van der Waals surface area contributed by atoms with Gasteiger partial charge in [0.05, 0.1) is 10.6 Å². The van der Waals surface area contributed by atoms with E-state index in [1.54, 1.807) is 63.2 Å². The molecule has 3 aromatic rings. The lowest BCUT2D eigenvalue weighted by molar-refractivity contribution is -0.140. The Morgan fingerprint density at radius 2 is 1.55 bits per heavy atom. The first kappa shape index (κ1) is 29.1. The molecule has 0 aliphatic carbocycles. The Labute approximate surface area is 228 Å². The van der Waals surface area contributed by atoms with Crippen molar-refractivity contribution in [3.8, 4) is 0 Å². The molecule has 0 heterocycles. The Morgan fingerprint density at radius 1 is 0.947 bits per heavy atom. The van der Waals surface area contributed by atoms with Gasteiger partial charge < -0.3 is 10.2 Å². The number of sulfonamides is 1. The molecule has 202 valence electrons. The molecule has 1 N–H and O–H groups in total. The van der Waals surface area contributed by atoms with E-state index in [1.165, 1.54) is 35.2 Å². The Morgan fingerprint density at radius 3 is 2.16 bits per heavy atom. The van der Waals surface area contributed by atoms with Crippen LogP contribution in [0.5, 0.6) is 0 Å². The predicted molar refractivity (Wildman–Crippen MR) is 147 cm³/mol. The average molecular weight is 560 g/mol. The summed E-state index contributed by atoms with van der Waals surface area (Å²) < 4.78 is 43.0. The maximum Gasteiger partial charge on any atom is 0.264 e. The van der Waals surface area contributed by atoms with Gasteiger partial charge in [0.1, 0.15) is 18.4 Å². The van der Waals surface area contributed by atoms with E-state index in [0.29, 0.717) is 10.6 Å². The average Bonchev–Trinajstić information content (AvgIpc) is 2.88. The maximum absolute atomic E-state index is 14.9. The van der Waals surface area contributed by atoms with E-state index in [2.05, 4.69) is 5.32 Å². The van der Waals surface area contributed by atoms with Gasteiger partial charge in [0.2, 0.25) is 11.8 Å². The van der Waals surface area contributed by atoms with Gasteiger partial charge >= 0.3 is 0 Å². The number of amides is 2. The van der Waals surface area contributed by atoms with Crippen molar-refractivity contribution >= 4 is 39.1 Å². The van der Waals surface area contributed by atoms with Crippen molar-refractivity contribution in [2.45, 2.75) is 50.7 Å². The van der Waals surface area contributed by atoms with Crippen molar-refractivity contribution in [1.82, 2.24) is 10.2 Å². The predicted octanol–water partition coefficient (Wildman–Crippen LogP) is 5.01. The summed E-state index contributed by atoms with van der Waals surface area (Å²) in [7, 11) is -4.34. The number of para-hydroxylation sites is 1. The van der Waals surface area contributed by atoms with Crippen molar-refractivity contribution < 1.29 is 22.4 Å². The minimum atomic E-state index is -4.34. The van der Waals surface area contributed by atoms with Crippen LogP contribution in [0.15, 0.2) is 83.8 Å². The molecular formula is C28H31ClFN3O4S. The van der Waals surface area contributed by atoms with Crippen molar-refractivity contribution in [1.29, 1.82) is 0 Å². The molecule has 3 rings (SSSR count). The third-order valence-corrected chi connectivity index (χ3v) is 7.99. The van der Waals surface area contributed by atoms with Crippen LogP contribution in [0.25, 0.3) is 0 Å². The highest BCUT2D eigenvalue weighted by Crippen LogP contribution is 2.27. The fraction of sp³-hybridized carbons (Fsp3) is 0.286. The summed E-state index contributed by atoms with van der Waals surface area (Å²) in [5.41, 5.74) is 0.309. The normalized spacial score (nSPS) is 12.2. The highest BCUT2D eigenvalue weighted by atomic mass is 35.5. The number of nitrogens with one attached hydrogen (secondary N) is 1. The third kappa shape index (κ3) is 6.90. The number of carbonyl (C=O) groups is 2. The molecule has 2 amide bonds. The van der Waals surface area contributed by atoms with Gasteiger partial charge in [-0.3, -0.25) is 13.9 Å². The molecule has 0 saturated heterocycles. The number of hydrogen-bond acceptors (Lipinski definition) is 4. The van der Waals surface area contributed by atoms with Crippen LogP contribution < -0.4 is 9.62 Å². The zero-order valence-corrected chi connectivity index (χ0v) is 23.0. The first-order chi connectivity index (χ1) is 18.1. The fourth-order valence-electron chi connectivity index (χ4n) is 4.00. The molecule has 7 nitrogen and oxygen atoms in total. The Balaban J connectivity index is 2.08. The summed E-state index contributed by atoms with van der Waals surface area (Å²) in [6, 6.07) is 18.6. The van der Waals surface area contributed by atoms with Gasteiger partial charge in [0.25, 0.3) is 10.0 Å². The van der Waals surface area contributed by atoms with Gasteiger partial charge in [-0.25, -0.2) is 12.8 Å². The van der Waals surface area contributed by atoms with E-state index >= 15 is 0 Å². The Bertz CT molecular complexity index is 1370.